The number of aliphatic hydroxyl groups is 1. The molecule has 2 aliphatic rings. The van der Waals surface area contributed by atoms with Gasteiger partial charge in [-0.15, -0.1) is 0 Å². The normalized spacial score (nSPS) is 31.9. The molecule has 4 nitrogen and oxygen atoms in total. The molecular formula is C10H19NO3. The fraction of sp³-hybridized carbons (Fsp3) is 1.00. The van der Waals surface area contributed by atoms with Crippen LogP contribution in [0.5, 0.6) is 0 Å². The van der Waals surface area contributed by atoms with Crippen LogP contribution in [0.3, 0.4) is 0 Å². The van der Waals surface area contributed by atoms with E-state index in [-0.39, 0.29) is 12.6 Å². The fourth-order valence-electron chi connectivity index (χ4n) is 2.32. The van der Waals surface area contributed by atoms with E-state index in [1.54, 1.807) is 0 Å². The number of aliphatic hydroxyl groups excluding tert-OH is 1. The summed E-state index contributed by atoms with van der Waals surface area (Å²) in [5.74, 6) is 0. The molecule has 2 heterocycles. The smallest absolute Gasteiger partial charge is 0.0644 e. The Morgan fingerprint density at radius 2 is 1.93 bits per heavy atom. The molecule has 4 heteroatoms. The average Bonchev–Trinajstić information content (AvgIpc) is 2.30. The van der Waals surface area contributed by atoms with Gasteiger partial charge in [0.1, 0.15) is 0 Å². The third kappa shape index (κ3) is 2.25. The first-order valence-corrected chi connectivity index (χ1v) is 5.44. The zero-order chi connectivity index (χ0) is 9.80. The molecule has 2 aliphatic heterocycles. The standard InChI is InChI=1S/C10H19NO3/c12-7-10-8-14-6-3-11(10)9-1-4-13-5-2-9/h9-10,12H,1-8H2. The molecule has 0 saturated carbocycles. The van der Waals surface area contributed by atoms with Crippen LogP contribution in [-0.4, -0.2) is 61.7 Å². The molecule has 2 saturated heterocycles. The van der Waals surface area contributed by atoms with Crippen molar-refractivity contribution >= 4 is 0 Å². The number of hydrogen-bond acceptors (Lipinski definition) is 4. The first kappa shape index (κ1) is 10.4. The highest BCUT2D eigenvalue weighted by atomic mass is 16.5. The molecule has 0 amide bonds. The summed E-state index contributed by atoms with van der Waals surface area (Å²) in [5, 5.41) is 9.24. The second-order valence-corrected chi connectivity index (χ2v) is 3.99. The number of ether oxygens (including phenoxy) is 2. The van der Waals surface area contributed by atoms with Crippen molar-refractivity contribution < 1.29 is 14.6 Å². The van der Waals surface area contributed by atoms with Gasteiger partial charge < -0.3 is 14.6 Å². The van der Waals surface area contributed by atoms with Crippen LogP contribution in [0.15, 0.2) is 0 Å². The predicted octanol–water partition coefficient (Wildman–Crippen LogP) is -0.141. The maximum atomic E-state index is 9.24. The van der Waals surface area contributed by atoms with Crippen LogP contribution in [0.4, 0.5) is 0 Å². The van der Waals surface area contributed by atoms with E-state index in [4.69, 9.17) is 9.47 Å². The molecule has 2 rings (SSSR count). The monoisotopic (exact) mass is 201 g/mol. The van der Waals surface area contributed by atoms with Gasteiger partial charge >= 0.3 is 0 Å². The molecule has 1 atom stereocenters. The topological polar surface area (TPSA) is 41.9 Å². The second kappa shape index (κ2) is 5.07. The summed E-state index contributed by atoms with van der Waals surface area (Å²) in [6.45, 7) is 4.36. The predicted molar refractivity (Wildman–Crippen MR) is 52.2 cm³/mol. The highest BCUT2D eigenvalue weighted by Crippen LogP contribution is 2.19. The highest BCUT2D eigenvalue weighted by molar-refractivity contribution is 4.82. The minimum absolute atomic E-state index is 0.201. The van der Waals surface area contributed by atoms with Gasteiger partial charge in [0.25, 0.3) is 0 Å². The van der Waals surface area contributed by atoms with Crippen molar-refractivity contribution in [1.29, 1.82) is 0 Å². The van der Waals surface area contributed by atoms with Crippen molar-refractivity contribution in [2.75, 3.05) is 39.6 Å². The van der Waals surface area contributed by atoms with Crippen molar-refractivity contribution in [2.45, 2.75) is 24.9 Å². The van der Waals surface area contributed by atoms with Gasteiger partial charge in [-0.05, 0) is 12.8 Å². The Kier molecular flexibility index (Phi) is 3.75. The van der Waals surface area contributed by atoms with Crippen LogP contribution in [0, 0.1) is 0 Å². The largest absolute Gasteiger partial charge is 0.395 e. The van der Waals surface area contributed by atoms with Gasteiger partial charge in [0.15, 0.2) is 0 Å². The summed E-state index contributed by atoms with van der Waals surface area (Å²) >= 11 is 0. The Balaban J connectivity index is 1.91. The summed E-state index contributed by atoms with van der Waals surface area (Å²) in [6, 6.07) is 0.789. The lowest BCUT2D eigenvalue weighted by Crippen LogP contribution is -2.53. The minimum Gasteiger partial charge on any atom is -0.395 e. The van der Waals surface area contributed by atoms with Crippen LogP contribution < -0.4 is 0 Å². The van der Waals surface area contributed by atoms with Gasteiger partial charge in [0.05, 0.1) is 25.9 Å². The van der Waals surface area contributed by atoms with Crippen molar-refractivity contribution in [2.24, 2.45) is 0 Å². The number of hydrogen-bond donors (Lipinski definition) is 1. The molecule has 0 aromatic rings. The van der Waals surface area contributed by atoms with E-state index in [1.807, 2.05) is 0 Å². The molecule has 1 N–H and O–H groups in total. The molecule has 0 aliphatic carbocycles. The maximum Gasteiger partial charge on any atom is 0.0644 e. The number of morpholine rings is 1. The molecule has 0 bridgehead atoms. The van der Waals surface area contributed by atoms with Gasteiger partial charge in [0, 0.05) is 25.8 Å². The fourth-order valence-corrected chi connectivity index (χ4v) is 2.32. The van der Waals surface area contributed by atoms with Crippen molar-refractivity contribution in [3.63, 3.8) is 0 Å². The summed E-state index contributed by atoms with van der Waals surface area (Å²) in [6.07, 6.45) is 2.19. The van der Waals surface area contributed by atoms with Crippen molar-refractivity contribution in [3.05, 3.63) is 0 Å². The average molecular weight is 201 g/mol. The quantitative estimate of drug-likeness (QED) is 0.675. The zero-order valence-corrected chi connectivity index (χ0v) is 8.52. The summed E-state index contributed by atoms with van der Waals surface area (Å²) in [5.41, 5.74) is 0. The third-order valence-electron chi connectivity index (χ3n) is 3.14. The van der Waals surface area contributed by atoms with Gasteiger partial charge in [-0.25, -0.2) is 0 Å². The maximum absolute atomic E-state index is 9.24. The molecule has 2 fully saturated rings. The Morgan fingerprint density at radius 3 is 2.64 bits per heavy atom. The third-order valence-corrected chi connectivity index (χ3v) is 3.14. The Hall–Kier alpha value is -0.160. The molecule has 0 aromatic carbocycles. The Labute approximate surface area is 84.8 Å². The first-order chi connectivity index (χ1) is 6.92. The Bertz CT molecular complexity index is 171. The first-order valence-electron chi connectivity index (χ1n) is 5.44. The van der Waals surface area contributed by atoms with Crippen molar-refractivity contribution in [1.82, 2.24) is 4.90 Å². The lowest BCUT2D eigenvalue weighted by Gasteiger charge is -2.41. The van der Waals surface area contributed by atoms with Crippen LogP contribution in [0.1, 0.15) is 12.8 Å². The van der Waals surface area contributed by atoms with Crippen LogP contribution >= 0.6 is 0 Å². The minimum atomic E-state index is 0.201. The van der Waals surface area contributed by atoms with E-state index in [0.29, 0.717) is 12.6 Å². The SMILES string of the molecule is OCC1COCCN1C1CCOCC1. The summed E-state index contributed by atoms with van der Waals surface area (Å²) in [4.78, 5) is 2.39. The Morgan fingerprint density at radius 1 is 1.14 bits per heavy atom. The van der Waals surface area contributed by atoms with Crippen LogP contribution in [0.25, 0.3) is 0 Å². The molecule has 0 aromatic heterocycles. The highest BCUT2D eigenvalue weighted by Gasteiger charge is 2.29. The molecule has 0 radical (unpaired) electrons. The summed E-state index contributed by atoms with van der Waals surface area (Å²) in [7, 11) is 0. The van der Waals surface area contributed by atoms with Gasteiger partial charge in [-0.1, -0.05) is 0 Å². The molecule has 1 unspecified atom stereocenters. The molecule has 82 valence electrons. The lowest BCUT2D eigenvalue weighted by atomic mass is 10.0. The van der Waals surface area contributed by atoms with Gasteiger partial charge in [-0.2, -0.15) is 0 Å². The molecule has 0 spiro atoms. The van der Waals surface area contributed by atoms with E-state index in [0.717, 1.165) is 39.2 Å². The van der Waals surface area contributed by atoms with Crippen LogP contribution in [-0.2, 0) is 9.47 Å². The van der Waals surface area contributed by atoms with Gasteiger partial charge in [-0.3, -0.25) is 4.90 Å². The zero-order valence-electron chi connectivity index (χ0n) is 8.52. The molecule has 14 heavy (non-hydrogen) atoms. The van der Waals surface area contributed by atoms with Crippen molar-refractivity contribution in [3.8, 4) is 0 Å². The van der Waals surface area contributed by atoms with E-state index in [1.165, 1.54) is 0 Å². The van der Waals surface area contributed by atoms with Crippen LogP contribution in [0.2, 0.25) is 0 Å². The second-order valence-electron chi connectivity index (χ2n) is 3.99. The molecular weight excluding hydrogens is 182 g/mol. The van der Waals surface area contributed by atoms with E-state index >= 15 is 0 Å². The number of nitrogens with zero attached hydrogens (tertiary/aromatic N) is 1. The van der Waals surface area contributed by atoms with E-state index < -0.39 is 0 Å². The van der Waals surface area contributed by atoms with E-state index in [9.17, 15) is 5.11 Å². The van der Waals surface area contributed by atoms with Gasteiger partial charge in [0.2, 0.25) is 0 Å². The summed E-state index contributed by atoms with van der Waals surface area (Å²) < 4.78 is 10.7. The van der Waals surface area contributed by atoms with E-state index in [2.05, 4.69) is 4.90 Å². The number of rotatable bonds is 2. The lowest BCUT2D eigenvalue weighted by molar-refractivity contribution is -0.0691.